The smallest absolute Gasteiger partial charge is 0.233 e. The Hall–Kier alpha value is -3.12. The van der Waals surface area contributed by atoms with E-state index in [-0.39, 0.29) is 18.1 Å². The lowest BCUT2D eigenvalue weighted by Crippen LogP contribution is -2.32. The molecular formula is C23H20FN3OS. The summed E-state index contributed by atoms with van der Waals surface area (Å²) in [6.45, 7) is 4.37. The van der Waals surface area contributed by atoms with Crippen molar-refractivity contribution < 1.29 is 9.18 Å². The number of anilines is 1. The van der Waals surface area contributed by atoms with Gasteiger partial charge in [-0.1, -0.05) is 47.2 Å². The molecular weight excluding hydrogens is 385 g/mol. The Kier molecular flexibility index (Phi) is 5.36. The van der Waals surface area contributed by atoms with Crippen LogP contribution in [0.5, 0.6) is 0 Å². The van der Waals surface area contributed by atoms with Gasteiger partial charge in [-0.05, 0) is 48.7 Å². The van der Waals surface area contributed by atoms with Gasteiger partial charge in [0.25, 0.3) is 0 Å². The van der Waals surface area contributed by atoms with Gasteiger partial charge in [0.1, 0.15) is 11.3 Å². The van der Waals surface area contributed by atoms with Crippen molar-refractivity contribution in [2.24, 2.45) is 0 Å². The van der Waals surface area contributed by atoms with Crippen LogP contribution in [0.1, 0.15) is 22.3 Å². The minimum absolute atomic E-state index is 0.0831. The molecule has 2 heterocycles. The van der Waals surface area contributed by atoms with Gasteiger partial charge in [-0.15, -0.1) is 0 Å². The third-order valence-corrected chi connectivity index (χ3v) is 5.84. The highest BCUT2D eigenvalue weighted by Crippen LogP contribution is 2.31. The largest absolute Gasteiger partial charge is 0.283 e. The van der Waals surface area contributed by atoms with Gasteiger partial charge in [0.15, 0.2) is 5.13 Å². The fraction of sp³-hybridized carbons (Fsp3) is 0.174. The van der Waals surface area contributed by atoms with Crippen LogP contribution < -0.4 is 4.90 Å². The number of rotatable bonds is 5. The van der Waals surface area contributed by atoms with Gasteiger partial charge in [-0.25, -0.2) is 9.37 Å². The summed E-state index contributed by atoms with van der Waals surface area (Å²) in [5.74, 6) is -0.464. The SMILES string of the molecule is Cc1ccc(CC(=O)N(Cc2cccnc2)c2nc3c(F)cccc3s2)c(C)c1. The van der Waals surface area contributed by atoms with E-state index >= 15 is 0 Å². The molecule has 0 aliphatic heterocycles. The lowest BCUT2D eigenvalue weighted by molar-refractivity contribution is -0.118. The molecule has 0 bridgehead atoms. The molecule has 0 saturated heterocycles. The van der Waals surface area contributed by atoms with Crippen molar-refractivity contribution >= 4 is 32.6 Å². The van der Waals surface area contributed by atoms with Crippen LogP contribution in [0.3, 0.4) is 0 Å². The lowest BCUT2D eigenvalue weighted by Gasteiger charge is -2.20. The number of amides is 1. The Balaban J connectivity index is 1.70. The number of pyridine rings is 1. The lowest BCUT2D eigenvalue weighted by atomic mass is 10.0. The van der Waals surface area contributed by atoms with Crippen molar-refractivity contribution in [2.45, 2.75) is 26.8 Å². The van der Waals surface area contributed by atoms with E-state index in [0.29, 0.717) is 17.2 Å². The number of nitrogens with zero attached hydrogens (tertiary/aromatic N) is 3. The Labute approximate surface area is 172 Å². The van der Waals surface area contributed by atoms with Crippen molar-refractivity contribution in [1.82, 2.24) is 9.97 Å². The van der Waals surface area contributed by atoms with Crippen molar-refractivity contribution in [1.29, 1.82) is 0 Å². The molecule has 0 N–H and O–H groups in total. The summed E-state index contributed by atoms with van der Waals surface area (Å²) in [7, 11) is 0. The highest BCUT2D eigenvalue weighted by Gasteiger charge is 2.22. The van der Waals surface area contributed by atoms with Crippen LogP contribution in [0.15, 0.2) is 60.9 Å². The highest BCUT2D eigenvalue weighted by atomic mass is 32.1. The zero-order chi connectivity index (χ0) is 20.4. The van der Waals surface area contributed by atoms with E-state index in [2.05, 4.69) is 16.0 Å². The second kappa shape index (κ2) is 8.09. The van der Waals surface area contributed by atoms with E-state index in [1.807, 2.05) is 44.2 Å². The molecule has 0 unspecified atom stereocenters. The minimum Gasteiger partial charge on any atom is -0.283 e. The number of carbonyl (C=O) groups excluding carboxylic acids is 1. The molecule has 2 aromatic heterocycles. The Morgan fingerprint density at radius 1 is 1.14 bits per heavy atom. The molecule has 4 aromatic rings. The normalized spacial score (nSPS) is 11.0. The summed E-state index contributed by atoms with van der Waals surface area (Å²) in [6.07, 6.45) is 3.68. The molecule has 0 spiro atoms. The molecule has 4 nitrogen and oxygen atoms in total. The number of hydrogen-bond donors (Lipinski definition) is 0. The summed E-state index contributed by atoms with van der Waals surface area (Å²) < 4.78 is 14.9. The molecule has 2 aromatic carbocycles. The molecule has 4 rings (SSSR count). The molecule has 0 aliphatic carbocycles. The van der Waals surface area contributed by atoms with Crippen LogP contribution >= 0.6 is 11.3 Å². The second-order valence-corrected chi connectivity index (χ2v) is 8.04. The molecule has 29 heavy (non-hydrogen) atoms. The predicted molar refractivity (Wildman–Crippen MR) is 115 cm³/mol. The van der Waals surface area contributed by atoms with Crippen molar-refractivity contribution in [3.63, 3.8) is 0 Å². The summed E-state index contributed by atoms with van der Waals surface area (Å²) >= 11 is 1.32. The molecule has 0 radical (unpaired) electrons. The third kappa shape index (κ3) is 4.17. The minimum atomic E-state index is -0.381. The van der Waals surface area contributed by atoms with Gasteiger partial charge >= 0.3 is 0 Å². The number of carbonyl (C=O) groups is 1. The molecule has 1 amide bonds. The highest BCUT2D eigenvalue weighted by molar-refractivity contribution is 7.22. The van der Waals surface area contributed by atoms with Crippen LogP contribution in [0, 0.1) is 19.7 Å². The Bertz CT molecular complexity index is 1170. The fourth-order valence-corrected chi connectivity index (χ4v) is 4.25. The average molecular weight is 405 g/mol. The number of aryl methyl sites for hydroxylation is 2. The van der Waals surface area contributed by atoms with Gasteiger partial charge < -0.3 is 0 Å². The summed E-state index contributed by atoms with van der Waals surface area (Å²) in [5.41, 5.74) is 4.40. The first-order valence-corrected chi connectivity index (χ1v) is 10.1. The standard InChI is InChI=1S/C23H20FN3OS/c1-15-8-9-18(16(2)11-15)12-21(28)27(14-17-5-4-10-25-13-17)23-26-22-19(24)6-3-7-20(22)29-23/h3-11,13H,12,14H2,1-2H3. The molecule has 0 saturated carbocycles. The number of fused-ring (bicyclic) bond motifs is 1. The first kappa shape index (κ1) is 19.2. The maximum atomic E-state index is 14.2. The number of para-hydroxylation sites is 1. The number of aromatic nitrogens is 2. The molecule has 146 valence electrons. The number of halogens is 1. The van der Waals surface area contributed by atoms with Crippen molar-refractivity contribution in [3.05, 3.63) is 89.0 Å². The van der Waals surface area contributed by atoms with E-state index in [0.717, 1.165) is 27.0 Å². The van der Waals surface area contributed by atoms with E-state index < -0.39 is 0 Å². The maximum Gasteiger partial charge on any atom is 0.233 e. The number of benzene rings is 2. The first-order valence-electron chi connectivity index (χ1n) is 9.32. The van der Waals surface area contributed by atoms with Crippen molar-refractivity contribution in [3.8, 4) is 0 Å². The summed E-state index contributed by atoms with van der Waals surface area (Å²) in [6, 6.07) is 14.7. The van der Waals surface area contributed by atoms with Crippen LogP contribution in [-0.2, 0) is 17.8 Å². The number of hydrogen-bond acceptors (Lipinski definition) is 4. The van der Waals surface area contributed by atoms with Crippen LogP contribution in [0.4, 0.5) is 9.52 Å². The fourth-order valence-electron chi connectivity index (χ4n) is 3.26. The zero-order valence-corrected chi connectivity index (χ0v) is 17.0. The van der Waals surface area contributed by atoms with Crippen LogP contribution in [0.2, 0.25) is 0 Å². The van der Waals surface area contributed by atoms with E-state index in [1.54, 1.807) is 23.4 Å². The van der Waals surface area contributed by atoms with Gasteiger partial charge in [0, 0.05) is 12.4 Å². The summed E-state index contributed by atoms with van der Waals surface area (Å²) in [4.78, 5) is 23.5. The van der Waals surface area contributed by atoms with E-state index in [1.165, 1.54) is 17.4 Å². The van der Waals surface area contributed by atoms with Gasteiger partial charge in [-0.2, -0.15) is 0 Å². The third-order valence-electron chi connectivity index (χ3n) is 4.79. The molecule has 0 atom stereocenters. The van der Waals surface area contributed by atoms with E-state index in [9.17, 15) is 9.18 Å². The van der Waals surface area contributed by atoms with E-state index in [4.69, 9.17) is 0 Å². The Morgan fingerprint density at radius 3 is 2.72 bits per heavy atom. The van der Waals surface area contributed by atoms with Gasteiger partial charge in [0.05, 0.1) is 17.7 Å². The predicted octanol–water partition coefficient (Wildman–Crippen LogP) is 5.22. The monoisotopic (exact) mass is 405 g/mol. The topological polar surface area (TPSA) is 46.1 Å². The molecule has 6 heteroatoms. The first-order chi connectivity index (χ1) is 14.0. The van der Waals surface area contributed by atoms with Crippen molar-refractivity contribution in [2.75, 3.05) is 4.90 Å². The zero-order valence-electron chi connectivity index (χ0n) is 16.2. The second-order valence-electron chi connectivity index (χ2n) is 7.03. The Morgan fingerprint density at radius 2 is 2.00 bits per heavy atom. The average Bonchev–Trinajstić information content (AvgIpc) is 3.14. The van der Waals surface area contributed by atoms with Crippen LogP contribution in [-0.4, -0.2) is 15.9 Å². The van der Waals surface area contributed by atoms with Gasteiger partial charge in [0.2, 0.25) is 5.91 Å². The molecule has 0 fully saturated rings. The van der Waals surface area contributed by atoms with Crippen LogP contribution in [0.25, 0.3) is 10.2 Å². The van der Waals surface area contributed by atoms with Gasteiger partial charge in [-0.3, -0.25) is 14.7 Å². The molecule has 0 aliphatic rings. The maximum absolute atomic E-state index is 14.2. The quantitative estimate of drug-likeness (QED) is 0.457. The summed E-state index contributed by atoms with van der Waals surface area (Å²) in [5, 5.41) is 0.490. The number of thiazole rings is 1.